The Morgan fingerprint density at radius 2 is 1.83 bits per heavy atom. The zero-order valence-corrected chi connectivity index (χ0v) is 17.1. The maximum Gasteiger partial charge on any atom is 0.262 e. The maximum absolute atomic E-state index is 13.6. The number of benzene rings is 2. The topological polar surface area (TPSA) is 93.4 Å². The van der Waals surface area contributed by atoms with Crippen LogP contribution >= 0.6 is 12.4 Å². The smallest absolute Gasteiger partial charge is 0.262 e. The van der Waals surface area contributed by atoms with Crippen molar-refractivity contribution in [2.45, 2.75) is 32.2 Å². The molecule has 0 spiro atoms. The first-order valence-electron chi connectivity index (χ1n) is 9.32. The molecule has 0 saturated heterocycles. The van der Waals surface area contributed by atoms with Gasteiger partial charge in [0.05, 0.1) is 11.3 Å². The number of rotatable bonds is 10. The molecule has 0 radical (unpaired) electrons. The fourth-order valence-electron chi connectivity index (χ4n) is 2.63. The summed E-state index contributed by atoms with van der Waals surface area (Å²) in [6, 6.07) is 12.4. The minimum Gasteiger partial charge on any atom is -0.483 e. The van der Waals surface area contributed by atoms with Crippen molar-refractivity contribution >= 4 is 29.9 Å². The molecule has 2 aromatic carbocycles. The molecule has 2 rings (SSSR count). The van der Waals surface area contributed by atoms with E-state index in [2.05, 4.69) is 17.6 Å². The Kier molecular flexibility index (Phi) is 10.7. The summed E-state index contributed by atoms with van der Waals surface area (Å²) in [5.74, 6) is -1.09. The second-order valence-electron chi connectivity index (χ2n) is 6.36. The Labute approximate surface area is 176 Å². The molecule has 0 bridgehead atoms. The zero-order chi connectivity index (χ0) is 20.4. The molecule has 0 heterocycles. The van der Waals surface area contributed by atoms with Crippen molar-refractivity contribution in [2.24, 2.45) is 5.73 Å². The summed E-state index contributed by atoms with van der Waals surface area (Å²) in [5.41, 5.74) is 6.12. The Balaban J connectivity index is 0.00000420. The van der Waals surface area contributed by atoms with Gasteiger partial charge in [0, 0.05) is 12.6 Å². The van der Waals surface area contributed by atoms with Crippen molar-refractivity contribution in [2.75, 3.05) is 18.5 Å². The molecule has 0 aliphatic rings. The normalized spacial score (nSPS) is 11.1. The van der Waals surface area contributed by atoms with Crippen LogP contribution < -0.4 is 21.1 Å². The van der Waals surface area contributed by atoms with E-state index < -0.39 is 11.7 Å². The molecular weight excluding hydrogens is 397 g/mol. The fraction of sp³-hybridized carbons (Fsp3) is 0.333. The maximum atomic E-state index is 13.6. The van der Waals surface area contributed by atoms with Crippen LogP contribution in [-0.2, 0) is 4.79 Å². The van der Waals surface area contributed by atoms with Gasteiger partial charge in [-0.05, 0) is 30.7 Å². The number of ether oxygens (including phenoxy) is 1. The van der Waals surface area contributed by atoms with Gasteiger partial charge in [0.25, 0.3) is 11.8 Å². The number of hydrogen-bond donors (Lipinski definition) is 3. The number of nitrogens with two attached hydrogens (primary N) is 1. The monoisotopic (exact) mass is 423 g/mol. The largest absolute Gasteiger partial charge is 0.483 e. The zero-order valence-electron chi connectivity index (χ0n) is 16.3. The summed E-state index contributed by atoms with van der Waals surface area (Å²) in [7, 11) is 0. The highest BCUT2D eigenvalue weighted by molar-refractivity contribution is 5.97. The third-order valence-electron chi connectivity index (χ3n) is 4.16. The molecular formula is C21H27ClFN3O3. The predicted molar refractivity (Wildman–Crippen MR) is 114 cm³/mol. The van der Waals surface area contributed by atoms with Crippen molar-refractivity contribution in [3.63, 3.8) is 0 Å². The molecule has 0 aliphatic heterocycles. The molecule has 8 heteroatoms. The molecule has 0 saturated carbocycles. The van der Waals surface area contributed by atoms with Gasteiger partial charge in [0.15, 0.2) is 6.61 Å². The van der Waals surface area contributed by atoms with Crippen LogP contribution in [0.15, 0.2) is 48.5 Å². The Morgan fingerprint density at radius 1 is 1.14 bits per heavy atom. The Bertz CT molecular complexity index is 804. The summed E-state index contributed by atoms with van der Waals surface area (Å²) in [4.78, 5) is 24.6. The number of carbonyl (C=O) groups excluding carboxylic acids is 2. The standard InChI is InChI=1S/C21H26FN3O3.ClH/c1-2-3-8-15(13-23)24-21(27)16-9-4-7-12-19(16)28-14-20(26)25-18-11-6-5-10-17(18)22;/h4-7,9-12,15H,2-3,8,13-14,23H2,1H3,(H,24,27)(H,25,26);1H. The fourth-order valence-corrected chi connectivity index (χ4v) is 2.63. The number of amides is 2. The third-order valence-corrected chi connectivity index (χ3v) is 4.16. The van der Waals surface area contributed by atoms with E-state index in [-0.39, 0.29) is 42.4 Å². The number of hydrogen-bond acceptors (Lipinski definition) is 4. The van der Waals surface area contributed by atoms with Gasteiger partial charge in [-0.3, -0.25) is 9.59 Å². The van der Waals surface area contributed by atoms with E-state index in [0.717, 1.165) is 19.3 Å². The van der Waals surface area contributed by atoms with E-state index in [4.69, 9.17) is 10.5 Å². The van der Waals surface area contributed by atoms with Gasteiger partial charge in [-0.2, -0.15) is 0 Å². The highest BCUT2D eigenvalue weighted by Gasteiger charge is 2.17. The molecule has 2 amide bonds. The molecule has 4 N–H and O–H groups in total. The minimum atomic E-state index is -0.532. The molecule has 29 heavy (non-hydrogen) atoms. The summed E-state index contributed by atoms with van der Waals surface area (Å²) < 4.78 is 19.1. The minimum absolute atomic E-state index is 0. The SMILES string of the molecule is CCCCC(CN)NC(=O)c1ccccc1OCC(=O)Nc1ccccc1F.Cl. The van der Waals surface area contributed by atoms with Crippen LogP contribution in [0, 0.1) is 5.82 Å². The highest BCUT2D eigenvalue weighted by atomic mass is 35.5. The van der Waals surface area contributed by atoms with E-state index in [9.17, 15) is 14.0 Å². The molecule has 158 valence electrons. The summed E-state index contributed by atoms with van der Waals surface area (Å²) in [6.07, 6.45) is 2.78. The van der Waals surface area contributed by atoms with Gasteiger partial charge < -0.3 is 21.1 Å². The lowest BCUT2D eigenvalue weighted by molar-refractivity contribution is -0.118. The summed E-state index contributed by atoms with van der Waals surface area (Å²) in [6.45, 7) is 2.07. The second kappa shape index (κ2) is 12.7. The molecule has 0 aromatic heterocycles. The van der Waals surface area contributed by atoms with Crippen molar-refractivity contribution in [3.05, 3.63) is 59.9 Å². The lowest BCUT2D eigenvalue weighted by Crippen LogP contribution is -2.40. The molecule has 6 nitrogen and oxygen atoms in total. The molecule has 1 atom stereocenters. The van der Waals surface area contributed by atoms with Gasteiger partial charge >= 0.3 is 0 Å². The van der Waals surface area contributed by atoms with E-state index in [1.165, 1.54) is 18.2 Å². The van der Waals surface area contributed by atoms with Crippen LogP contribution in [-0.4, -0.2) is 31.0 Å². The van der Waals surface area contributed by atoms with E-state index in [1.54, 1.807) is 30.3 Å². The molecule has 0 aliphatic carbocycles. The van der Waals surface area contributed by atoms with E-state index in [0.29, 0.717) is 12.1 Å². The van der Waals surface area contributed by atoms with Crippen LogP contribution in [0.4, 0.5) is 10.1 Å². The van der Waals surface area contributed by atoms with Gasteiger partial charge in [-0.1, -0.05) is 44.0 Å². The number of anilines is 1. The number of para-hydroxylation sites is 2. The van der Waals surface area contributed by atoms with Gasteiger partial charge in [-0.25, -0.2) is 4.39 Å². The number of nitrogens with one attached hydrogen (secondary N) is 2. The van der Waals surface area contributed by atoms with Crippen LogP contribution in [0.3, 0.4) is 0 Å². The van der Waals surface area contributed by atoms with Gasteiger partial charge in [-0.15, -0.1) is 12.4 Å². The third kappa shape index (κ3) is 7.71. The first-order chi connectivity index (χ1) is 13.5. The molecule has 2 aromatic rings. The van der Waals surface area contributed by atoms with Crippen molar-refractivity contribution in [1.29, 1.82) is 0 Å². The quantitative estimate of drug-likeness (QED) is 0.545. The van der Waals surface area contributed by atoms with E-state index in [1.807, 2.05) is 0 Å². The summed E-state index contributed by atoms with van der Waals surface area (Å²) in [5, 5.41) is 5.34. The average molecular weight is 424 g/mol. The highest BCUT2D eigenvalue weighted by Crippen LogP contribution is 2.19. The van der Waals surface area contributed by atoms with Crippen LogP contribution in [0.5, 0.6) is 5.75 Å². The first kappa shape index (κ1) is 24.4. The lowest BCUT2D eigenvalue weighted by atomic mass is 10.1. The summed E-state index contributed by atoms with van der Waals surface area (Å²) >= 11 is 0. The number of unbranched alkanes of at least 4 members (excludes halogenated alkanes) is 1. The van der Waals surface area contributed by atoms with E-state index >= 15 is 0 Å². The van der Waals surface area contributed by atoms with Crippen LogP contribution in [0.25, 0.3) is 0 Å². The Hall–Kier alpha value is -2.64. The van der Waals surface area contributed by atoms with Crippen molar-refractivity contribution < 1.29 is 18.7 Å². The number of carbonyl (C=O) groups is 2. The van der Waals surface area contributed by atoms with Gasteiger partial charge in [0.1, 0.15) is 11.6 Å². The number of halogens is 2. The van der Waals surface area contributed by atoms with Crippen molar-refractivity contribution in [1.82, 2.24) is 5.32 Å². The van der Waals surface area contributed by atoms with Crippen LogP contribution in [0.1, 0.15) is 36.5 Å². The van der Waals surface area contributed by atoms with Gasteiger partial charge in [0.2, 0.25) is 0 Å². The Morgan fingerprint density at radius 3 is 2.52 bits per heavy atom. The average Bonchev–Trinajstić information content (AvgIpc) is 2.71. The second-order valence-corrected chi connectivity index (χ2v) is 6.36. The van der Waals surface area contributed by atoms with Crippen molar-refractivity contribution in [3.8, 4) is 5.75 Å². The first-order valence-corrected chi connectivity index (χ1v) is 9.32. The molecule has 0 fully saturated rings. The predicted octanol–water partition coefficient (Wildman–Crippen LogP) is 3.51. The molecule has 1 unspecified atom stereocenters. The van der Waals surface area contributed by atoms with Crippen LogP contribution in [0.2, 0.25) is 0 Å². The lowest BCUT2D eigenvalue weighted by Gasteiger charge is -2.18.